The summed E-state index contributed by atoms with van der Waals surface area (Å²) >= 11 is 0. The van der Waals surface area contributed by atoms with Gasteiger partial charge in [0, 0.05) is 5.41 Å². The van der Waals surface area contributed by atoms with Gasteiger partial charge in [0.2, 0.25) is 0 Å². The molecule has 0 nitrogen and oxygen atoms in total. The van der Waals surface area contributed by atoms with Crippen LogP contribution < -0.4 is 0 Å². The minimum atomic E-state index is -0.509. The number of hydrogen-bond acceptors (Lipinski definition) is 0. The summed E-state index contributed by atoms with van der Waals surface area (Å²) in [6.07, 6.45) is 12.7. The highest BCUT2D eigenvalue weighted by Gasteiger charge is 2.59. The summed E-state index contributed by atoms with van der Waals surface area (Å²) in [4.78, 5) is 0. The Balaban J connectivity index is 1.64. The Hall–Kier alpha value is -0.0700. The topological polar surface area (TPSA) is 0 Å². The van der Waals surface area contributed by atoms with Gasteiger partial charge in [-0.1, -0.05) is 26.7 Å². The molecular weight excluding hydrogens is 247 g/mol. The summed E-state index contributed by atoms with van der Waals surface area (Å²) in [6.45, 7) is 4.89. The Morgan fingerprint density at radius 3 is 2.40 bits per heavy atom. The van der Waals surface area contributed by atoms with Crippen molar-refractivity contribution < 1.29 is 4.39 Å². The van der Waals surface area contributed by atoms with Crippen LogP contribution in [0.2, 0.25) is 0 Å². The van der Waals surface area contributed by atoms with Gasteiger partial charge in [-0.3, -0.25) is 0 Å². The van der Waals surface area contributed by atoms with Gasteiger partial charge in [-0.2, -0.15) is 0 Å². The van der Waals surface area contributed by atoms with Crippen LogP contribution in [-0.4, -0.2) is 6.17 Å². The van der Waals surface area contributed by atoms with E-state index in [9.17, 15) is 4.39 Å². The normalized spacial score (nSPS) is 58.6. The van der Waals surface area contributed by atoms with Crippen LogP contribution in [0.1, 0.15) is 78.1 Å². The van der Waals surface area contributed by atoms with Crippen molar-refractivity contribution in [3.05, 3.63) is 0 Å². The standard InChI is InChI=1S/C19H31F/c1-18-11-4-3-5-13(18)6-7-14-15-8-9-17(20)19(15,2)12-10-16(14)18/h13-17H,3-12H2,1-2H3/t13?,14-,15-,16+,17?,18-,19-/m0/s1. The SMILES string of the molecule is C[C@]12CCCCC1CC[C@@H]1[C@H]2CC[C@]2(C)C(F)CC[C@@H]12. The summed E-state index contributed by atoms with van der Waals surface area (Å²) in [7, 11) is 0. The summed E-state index contributed by atoms with van der Waals surface area (Å²) < 4.78 is 14.4. The molecule has 0 aromatic carbocycles. The van der Waals surface area contributed by atoms with E-state index in [1.165, 1.54) is 57.8 Å². The lowest BCUT2D eigenvalue weighted by Crippen LogP contribution is -2.52. The molecule has 4 saturated carbocycles. The monoisotopic (exact) mass is 278 g/mol. The Labute approximate surface area is 123 Å². The van der Waals surface area contributed by atoms with Crippen molar-refractivity contribution in [3.63, 3.8) is 0 Å². The molecule has 2 unspecified atom stereocenters. The van der Waals surface area contributed by atoms with Crippen molar-refractivity contribution in [1.29, 1.82) is 0 Å². The fraction of sp³-hybridized carbons (Fsp3) is 1.00. The van der Waals surface area contributed by atoms with Crippen LogP contribution in [0.15, 0.2) is 0 Å². The second kappa shape index (κ2) is 4.46. The number of halogens is 1. The Morgan fingerprint density at radius 1 is 0.750 bits per heavy atom. The second-order valence-corrected chi connectivity index (χ2v) is 8.99. The molecule has 4 aliphatic rings. The van der Waals surface area contributed by atoms with Gasteiger partial charge in [0.05, 0.1) is 0 Å². The second-order valence-electron chi connectivity index (χ2n) is 8.99. The van der Waals surface area contributed by atoms with Crippen LogP contribution >= 0.6 is 0 Å². The van der Waals surface area contributed by atoms with Crippen LogP contribution in [0.5, 0.6) is 0 Å². The summed E-state index contributed by atoms with van der Waals surface area (Å²) in [5, 5.41) is 0. The first kappa shape index (κ1) is 13.6. The zero-order valence-corrected chi connectivity index (χ0v) is 13.3. The zero-order valence-electron chi connectivity index (χ0n) is 13.3. The van der Waals surface area contributed by atoms with Gasteiger partial charge in [-0.05, 0) is 80.5 Å². The van der Waals surface area contributed by atoms with Gasteiger partial charge < -0.3 is 0 Å². The highest BCUT2D eigenvalue weighted by molar-refractivity contribution is 5.08. The van der Waals surface area contributed by atoms with Gasteiger partial charge in [0.25, 0.3) is 0 Å². The number of rotatable bonds is 0. The van der Waals surface area contributed by atoms with Crippen LogP contribution in [0.3, 0.4) is 0 Å². The van der Waals surface area contributed by atoms with E-state index in [1.807, 2.05) is 0 Å². The molecule has 0 aromatic heterocycles. The van der Waals surface area contributed by atoms with Gasteiger partial charge in [-0.25, -0.2) is 4.39 Å². The van der Waals surface area contributed by atoms with E-state index in [0.29, 0.717) is 11.3 Å². The van der Waals surface area contributed by atoms with Crippen LogP contribution in [-0.2, 0) is 0 Å². The molecule has 0 heterocycles. The molecule has 0 spiro atoms. The molecule has 4 fully saturated rings. The van der Waals surface area contributed by atoms with Gasteiger partial charge in [-0.15, -0.1) is 0 Å². The molecule has 0 radical (unpaired) electrons. The van der Waals surface area contributed by atoms with Crippen molar-refractivity contribution in [3.8, 4) is 0 Å². The van der Waals surface area contributed by atoms with Crippen molar-refractivity contribution in [2.75, 3.05) is 0 Å². The first-order valence-corrected chi connectivity index (χ1v) is 9.20. The maximum atomic E-state index is 14.4. The molecule has 0 N–H and O–H groups in total. The maximum Gasteiger partial charge on any atom is 0.106 e. The largest absolute Gasteiger partial charge is 0.247 e. The highest BCUT2D eigenvalue weighted by atomic mass is 19.1. The molecule has 0 amide bonds. The quantitative estimate of drug-likeness (QED) is 0.528. The third kappa shape index (κ3) is 1.64. The minimum Gasteiger partial charge on any atom is -0.247 e. The van der Waals surface area contributed by atoms with Crippen molar-refractivity contribution in [1.82, 2.24) is 0 Å². The lowest BCUT2D eigenvalue weighted by molar-refractivity contribution is -0.112. The molecule has 114 valence electrons. The van der Waals surface area contributed by atoms with E-state index in [4.69, 9.17) is 0 Å². The summed E-state index contributed by atoms with van der Waals surface area (Å²) in [6, 6.07) is 0. The van der Waals surface area contributed by atoms with E-state index in [1.54, 1.807) is 0 Å². The molecule has 0 saturated heterocycles. The fourth-order valence-electron chi connectivity index (χ4n) is 7.23. The first-order chi connectivity index (χ1) is 9.56. The smallest absolute Gasteiger partial charge is 0.106 e. The van der Waals surface area contributed by atoms with E-state index in [0.717, 1.165) is 24.2 Å². The van der Waals surface area contributed by atoms with Gasteiger partial charge in [0.1, 0.15) is 6.17 Å². The molecule has 20 heavy (non-hydrogen) atoms. The highest BCUT2D eigenvalue weighted by Crippen LogP contribution is 2.66. The van der Waals surface area contributed by atoms with Crippen LogP contribution in [0.4, 0.5) is 4.39 Å². The van der Waals surface area contributed by atoms with Crippen LogP contribution in [0.25, 0.3) is 0 Å². The Morgan fingerprint density at radius 2 is 1.55 bits per heavy atom. The summed E-state index contributed by atoms with van der Waals surface area (Å²) in [5.74, 6) is 3.47. The number of fused-ring (bicyclic) bond motifs is 5. The van der Waals surface area contributed by atoms with Gasteiger partial charge >= 0.3 is 0 Å². The van der Waals surface area contributed by atoms with E-state index < -0.39 is 6.17 Å². The predicted octanol–water partition coefficient (Wildman–Crippen LogP) is 5.76. The molecule has 7 atom stereocenters. The summed E-state index contributed by atoms with van der Waals surface area (Å²) in [5.41, 5.74) is 0.649. The molecule has 4 rings (SSSR count). The number of alkyl halides is 1. The third-order valence-corrected chi connectivity index (χ3v) is 8.47. The Bertz CT molecular complexity index is 391. The molecule has 4 aliphatic carbocycles. The fourth-order valence-corrected chi connectivity index (χ4v) is 7.23. The molecule has 0 bridgehead atoms. The lowest BCUT2D eigenvalue weighted by atomic mass is 9.45. The van der Waals surface area contributed by atoms with E-state index >= 15 is 0 Å². The average Bonchev–Trinajstić information content (AvgIpc) is 2.74. The van der Waals surface area contributed by atoms with E-state index in [-0.39, 0.29) is 5.41 Å². The van der Waals surface area contributed by atoms with E-state index in [2.05, 4.69) is 13.8 Å². The predicted molar refractivity (Wildman–Crippen MR) is 81.2 cm³/mol. The van der Waals surface area contributed by atoms with Gasteiger partial charge in [0.15, 0.2) is 0 Å². The number of hydrogen-bond donors (Lipinski definition) is 0. The average molecular weight is 278 g/mol. The molecule has 0 aliphatic heterocycles. The molecule has 1 heteroatoms. The van der Waals surface area contributed by atoms with Crippen LogP contribution in [0, 0.1) is 34.5 Å². The van der Waals surface area contributed by atoms with Crippen molar-refractivity contribution in [2.45, 2.75) is 84.2 Å². The molecule has 0 aromatic rings. The maximum absolute atomic E-state index is 14.4. The zero-order chi connectivity index (χ0) is 14.0. The first-order valence-electron chi connectivity index (χ1n) is 9.20. The minimum absolute atomic E-state index is 0.0407. The van der Waals surface area contributed by atoms with Crippen molar-refractivity contribution >= 4 is 0 Å². The molecular formula is C19H31F. The lowest BCUT2D eigenvalue weighted by Gasteiger charge is -2.60. The Kier molecular flexibility index (Phi) is 3.03. The van der Waals surface area contributed by atoms with Crippen molar-refractivity contribution in [2.24, 2.45) is 34.5 Å². The third-order valence-electron chi connectivity index (χ3n) is 8.47.